The van der Waals surface area contributed by atoms with Crippen LogP contribution in [0.5, 0.6) is 0 Å². The Labute approximate surface area is 123 Å². The Morgan fingerprint density at radius 2 is 2.05 bits per heavy atom. The summed E-state index contributed by atoms with van der Waals surface area (Å²) in [4.78, 5) is 10.6. The Morgan fingerprint density at radius 3 is 2.71 bits per heavy atom. The van der Waals surface area contributed by atoms with E-state index >= 15 is 0 Å². The largest absolute Gasteiger partial charge is 0.308 e. The first-order valence-corrected chi connectivity index (χ1v) is 6.84. The van der Waals surface area contributed by atoms with Crippen LogP contribution in [-0.4, -0.2) is 20.2 Å². The Bertz CT molecular complexity index is 629. The zero-order valence-corrected chi connectivity index (χ0v) is 12.5. The number of benzene rings is 1. The summed E-state index contributed by atoms with van der Waals surface area (Å²) < 4.78 is 1.72. The van der Waals surface area contributed by atoms with Gasteiger partial charge in [0.25, 0.3) is 5.69 Å². The van der Waals surface area contributed by atoms with Gasteiger partial charge in [-0.2, -0.15) is 5.10 Å². The van der Waals surface area contributed by atoms with Crippen LogP contribution in [-0.2, 0) is 13.1 Å². The van der Waals surface area contributed by atoms with Gasteiger partial charge in [0, 0.05) is 29.9 Å². The number of nitro groups is 1. The van der Waals surface area contributed by atoms with E-state index in [2.05, 4.69) is 31.2 Å². The average Bonchev–Trinajstić information content (AvgIpc) is 2.84. The van der Waals surface area contributed by atoms with Crippen LogP contribution >= 0.6 is 0 Å². The van der Waals surface area contributed by atoms with Crippen molar-refractivity contribution in [3.8, 4) is 0 Å². The van der Waals surface area contributed by atoms with Crippen LogP contribution in [0, 0.1) is 10.1 Å². The third kappa shape index (κ3) is 4.39. The van der Waals surface area contributed by atoms with Gasteiger partial charge in [-0.05, 0) is 20.8 Å². The number of para-hydroxylation sites is 1. The molecule has 0 atom stereocenters. The molecular formula is C15H20N4O2. The summed E-state index contributed by atoms with van der Waals surface area (Å²) in [6.45, 7) is 7.42. The van der Waals surface area contributed by atoms with Crippen LogP contribution in [0.15, 0.2) is 36.7 Å². The zero-order chi connectivity index (χ0) is 15.5. The van der Waals surface area contributed by atoms with Gasteiger partial charge < -0.3 is 5.32 Å². The van der Waals surface area contributed by atoms with E-state index in [1.807, 2.05) is 6.20 Å². The molecule has 0 unspecified atom stereocenters. The van der Waals surface area contributed by atoms with Gasteiger partial charge in [0.05, 0.1) is 23.2 Å². The molecule has 0 saturated heterocycles. The lowest BCUT2D eigenvalue weighted by Gasteiger charge is -2.19. The van der Waals surface area contributed by atoms with Crippen molar-refractivity contribution in [1.82, 2.24) is 15.1 Å². The minimum atomic E-state index is -0.360. The molecule has 2 rings (SSSR count). The molecule has 21 heavy (non-hydrogen) atoms. The number of hydrogen-bond donors (Lipinski definition) is 1. The lowest BCUT2D eigenvalue weighted by atomic mass is 10.1. The number of nitrogens with zero attached hydrogens (tertiary/aromatic N) is 3. The Balaban J connectivity index is 2.08. The van der Waals surface area contributed by atoms with E-state index in [9.17, 15) is 10.1 Å². The molecule has 0 amide bonds. The third-order valence-corrected chi connectivity index (χ3v) is 3.03. The zero-order valence-electron chi connectivity index (χ0n) is 12.5. The van der Waals surface area contributed by atoms with Gasteiger partial charge in [-0.1, -0.05) is 18.2 Å². The minimum Gasteiger partial charge on any atom is -0.308 e. The molecule has 0 fully saturated rings. The highest BCUT2D eigenvalue weighted by atomic mass is 16.6. The van der Waals surface area contributed by atoms with Gasteiger partial charge in [0.2, 0.25) is 0 Å². The summed E-state index contributed by atoms with van der Waals surface area (Å²) in [5.41, 5.74) is 1.88. The normalized spacial score (nSPS) is 11.6. The molecule has 0 bridgehead atoms. The maximum absolute atomic E-state index is 11.0. The molecule has 2 aromatic rings. The van der Waals surface area contributed by atoms with E-state index in [0.29, 0.717) is 12.1 Å². The van der Waals surface area contributed by atoms with Crippen molar-refractivity contribution in [2.75, 3.05) is 0 Å². The number of nitrogens with one attached hydrogen (secondary N) is 1. The van der Waals surface area contributed by atoms with Crippen LogP contribution in [0.1, 0.15) is 31.9 Å². The molecule has 0 aliphatic rings. The number of rotatable bonds is 5. The lowest BCUT2D eigenvalue weighted by Crippen LogP contribution is -2.34. The molecule has 0 spiro atoms. The highest BCUT2D eigenvalue weighted by Crippen LogP contribution is 2.18. The van der Waals surface area contributed by atoms with Crippen LogP contribution in [0.25, 0.3) is 0 Å². The van der Waals surface area contributed by atoms with Crippen molar-refractivity contribution in [2.24, 2.45) is 0 Å². The van der Waals surface area contributed by atoms with Crippen LogP contribution in [0.3, 0.4) is 0 Å². The van der Waals surface area contributed by atoms with E-state index in [1.54, 1.807) is 29.1 Å². The molecule has 0 aliphatic heterocycles. The molecule has 1 aromatic heterocycles. The first-order valence-electron chi connectivity index (χ1n) is 6.84. The summed E-state index contributed by atoms with van der Waals surface area (Å²) in [6, 6.07) is 6.74. The topological polar surface area (TPSA) is 73.0 Å². The highest BCUT2D eigenvalue weighted by molar-refractivity contribution is 5.39. The molecule has 1 N–H and O–H groups in total. The van der Waals surface area contributed by atoms with Gasteiger partial charge in [0.1, 0.15) is 0 Å². The van der Waals surface area contributed by atoms with Gasteiger partial charge in [-0.25, -0.2) is 0 Å². The molecule has 6 heteroatoms. The molecule has 1 heterocycles. The van der Waals surface area contributed by atoms with Gasteiger partial charge in [-0.15, -0.1) is 0 Å². The van der Waals surface area contributed by atoms with Gasteiger partial charge >= 0.3 is 0 Å². The molecular weight excluding hydrogens is 268 g/mol. The molecule has 0 aliphatic carbocycles. The van der Waals surface area contributed by atoms with Crippen molar-refractivity contribution >= 4 is 5.69 Å². The van der Waals surface area contributed by atoms with Crippen molar-refractivity contribution < 1.29 is 4.92 Å². The number of nitro benzene ring substituents is 1. The van der Waals surface area contributed by atoms with Crippen LogP contribution in [0.2, 0.25) is 0 Å². The minimum absolute atomic E-state index is 0.0420. The fourth-order valence-electron chi connectivity index (χ4n) is 1.95. The van der Waals surface area contributed by atoms with Gasteiger partial charge in [-0.3, -0.25) is 14.8 Å². The quantitative estimate of drug-likeness (QED) is 0.678. The summed E-state index contributed by atoms with van der Waals surface area (Å²) in [5.74, 6) is 0. The molecule has 1 aromatic carbocycles. The van der Waals surface area contributed by atoms with Crippen molar-refractivity contribution in [1.29, 1.82) is 0 Å². The summed E-state index contributed by atoms with van der Waals surface area (Å²) in [6.07, 6.45) is 3.70. The second kappa shape index (κ2) is 6.05. The Hall–Kier alpha value is -2.21. The van der Waals surface area contributed by atoms with Crippen molar-refractivity contribution in [2.45, 2.75) is 39.4 Å². The van der Waals surface area contributed by atoms with E-state index < -0.39 is 0 Å². The smallest absolute Gasteiger partial charge is 0.274 e. The van der Waals surface area contributed by atoms with E-state index in [0.717, 1.165) is 12.1 Å². The SMILES string of the molecule is CC(C)(C)NCc1cnn(Cc2ccccc2[N+](=O)[O-])c1. The fraction of sp³-hybridized carbons (Fsp3) is 0.400. The molecule has 6 nitrogen and oxygen atoms in total. The highest BCUT2D eigenvalue weighted by Gasteiger charge is 2.13. The summed E-state index contributed by atoms with van der Waals surface area (Å²) >= 11 is 0. The van der Waals surface area contributed by atoms with E-state index in [1.165, 1.54) is 6.07 Å². The lowest BCUT2D eigenvalue weighted by molar-refractivity contribution is -0.385. The second-order valence-electron chi connectivity index (χ2n) is 6.04. The second-order valence-corrected chi connectivity index (χ2v) is 6.04. The third-order valence-electron chi connectivity index (χ3n) is 3.03. The molecule has 112 valence electrons. The number of aromatic nitrogens is 2. The maximum atomic E-state index is 11.0. The Kier molecular flexibility index (Phi) is 4.37. The molecule has 0 radical (unpaired) electrons. The number of hydrogen-bond acceptors (Lipinski definition) is 4. The first kappa shape index (κ1) is 15.2. The monoisotopic (exact) mass is 288 g/mol. The fourth-order valence-corrected chi connectivity index (χ4v) is 1.95. The predicted molar refractivity (Wildman–Crippen MR) is 81.0 cm³/mol. The maximum Gasteiger partial charge on any atom is 0.274 e. The average molecular weight is 288 g/mol. The summed E-state index contributed by atoms with van der Waals surface area (Å²) in [7, 11) is 0. The predicted octanol–water partition coefficient (Wildman–Crippen LogP) is 2.73. The van der Waals surface area contributed by atoms with Crippen molar-refractivity contribution in [3.05, 3.63) is 57.9 Å². The summed E-state index contributed by atoms with van der Waals surface area (Å²) in [5, 5.41) is 18.6. The van der Waals surface area contributed by atoms with Crippen molar-refractivity contribution in [3.63, 3.8) is 0 Å². The standard InChI is InChI=1S/C15H20N4O2/c1-15(2,3)16-8-12-9-17-18(10-12)11-13-6-4-5-7-14(13)19(20)21/h4-7,9-10,16H,8,11H2,1-3H3. The van der Waals surface area contributed by atoms with E-state index in [4.69, 9.17) is 0 Å². The Morgan fingerprint density at radius 1 is 1.33 bits per heavy atom. The van der Waals surface area contributed by atoms with Gasteiger partial charge in [0.15, 0.2) is 0 Å². The first-order chi connectivity index (χ1) is 9.85. The molecule has 0 saturated carbocycles. The van der Waals surface area contributed by atoms with Crippen LogP contribution < -0.4 is 5.32 Å². The van der Waals surface area contributed by atoms with E-state index in [-0.39, 0.29) is 16.1 Å². The van der Waals surface area contributed by atoms with Crippen LogP contribution in [0.4, 0.5) is 5.69 Å².